The normalized spacial score (nSPS) is 17.7. The number of nitrogens with zero attached hydrogens (tertiary/aromatic N) is 1. The summed E-state index contributed by atoms with van der Waals surface area (Å²) in [7, 11) is 4.07. The van der Waals surface area contributed by atoms with Gasteiger partial charge in [-0.25, -0.2) is 0 Å². The lowest BCUT2D eigenvalue weighted by Crippen LogP contribution is -2.44. The van der Waals surface area contributed by atoms with Crippen molar-refractivity contribution in [3.8, 4) is 0 Å². The quantitative estimate of drug-likeness (QED) is 0.876. The van der Waals surface area contributed by atoms with Crippen LogP contribution in [0.4, 0.5) is 5.69 Å². The van der Waals surface area contributed by atoms with E-state index in [1.807, 2.05) is 32.3 Å². The number of benzene rings is 1. The number of anilines is 1. The lowest BCUT2D eigenvalue weighted by atomic mass is 9.80. The zero-order chi connectivity index (χ0) is 15.3. The topological polar surface area (TPSA) is 58.4 Å². The molecule has 0 radical (unpaired) electrons. The Morgan fingerprint density at radius 2 is 2.00 bits per heavy atom. The number of carbonyl (C=O) groups excluding carboxylic acids is 1. The van der Waals surface area contributed by atoms with E-state index < -0.39 is 0 Å². The van der Waals surface area contributed by atoms with E-state index in [1.165, 1.54) is 12.0 Å². The number of rotatable bonds is 5. The van der Waals surface area contributed by atoms with E-state index in [-0.39, 0.29) is 11.4 Å². The van der Waals surface area contributed by atoms with Crippen molar-refractivity contribution in [2.45, 2.75) is 50.6 Å². The molecule has 1 fully saturated rings. The molecule has 4 heteroatoms. The SMILES string of the molecule is CN(C)Cc1cccc(NC(=O)CC2(N)CCCCC2)c1. The van der Waals surface area contributed by atoms with Gasteiger partial charge in [0, 0.05) is 24.2 Å². The fraction of sp³-hybridized carbons (Fsp3) is 0.588. The standard InChI is InChI=1S/C17H27N3O/c1-20(2)13-14-7-6-8-15(11-14)19-16(21)12-17(18)9-4-3-5-10-17/h6-8,11H,3-5,9-10,12-13,18H2,1-2H3,(H,19,21). The Morgan fingerprint density at radius 3 is 2.67 bits per heavy atom. The van der Waals surface area contributed by atoms with Gasteiger partial charge in [-0.2, -0.15) is 0 Å². The van der Waals surface area contributed by atoms with Crippen LogP contribution in [0, 0.1) is 0 Å². The fourth-order valence-electron chi connectivity index (χ4n) is 3.07. The maximum absolute atomic E-state index is 12.2. The van der Waals surface area contributed by atoms with Crippen molar-refractivity contribution in [1.82, 2.24) is 4.90 Å². The van der Waals surface area contributed by atoms with Gasteiger partial charge in [0.15, 0.2) is 0 Å². The first-order valence-electron chi connectivity index (χ1n) is 7.79. The number of carbonyl (C=O) groups is 1. The summed E-state index contributed by atoms with van der Waals surface area (Å²) in [4.78, 5) is 14.3. The zero-order valence-electron chi connectivity index (χ0n) is 13.2. The number of nitrogens with one attached hydrogen (secondary N) is 1. The third-order valence-electron chi connectivity index (χ3n) is 4.07. The van der Waals surface area contributed by atoms with Crippen LogP contribution < -0.4 is 11.1 Å². The van der Waals surface area contributed by atoms with Gasteiger partial charge in [-0.05, 0) is 44.6 Å². The molecule has 0 aromatic heterocycles. The molecule has 0 aliphatic heterocycles. The zero-order valence-corrected chi connectivity index (χ0v) is 13.2. The molecule has 1 saturated carbocycles. The van der Waals surface area contributed by atoms with Crippen LogP contribution in [-0.2, 0) is 11.3 Å². The number of hydrogen-bond acceptors (Lipinski definition) is 3. The molecular weight excluding hydrogens is 262 g/mol. The van der Waals surface area contributed by atoms with E-state index >= 15 is 0 Å². The van der Waals surface area contributed by atoms with Gasteiger partial charge in [0.1, 0.15) is 0 Å². The molecule has 0 unspecified atom stereocenters. The van der Waals surface area contributed by atoms with Crippen LogP contribution in [0.25, 0.3) is 0 Å². The minimum atomic E-state index is -0.302. The summed E-state index contributed by atoms with van der Waals surface area (Å²) in [6.45, 7) is 0.866. The molecule has 1 aliphatic carbocycles. The fourth-order valence-corrected chi connectivity index (χ4v) is 3.07. The largest absolute Gasteiger partial charge is 0.326 e. The van der Waals surface area contributed by atoms with Crippen LogP contribution in [0.1, 0.15) is 44.1 Å². The average Bonchev–Trinajstić information content (AvgIpc) is 2.38. The van der Waals surface area contributed by atoms with Crippen molar-refractivity contribution < 1.29 is 4.79 Å². The highest BCUT2D eigenvalue weighted by atomic mass is 16.1. The summed E-state index contributed by atoms with van der Waals surface area (Å²) in [6.07, 6.45) is 5.87. The van der Waals surface area contributed by atoms with Gasteiger partial charge in [-0.1, -0.05) is 31.4 Å². The highest BCUT2D eigenvalue weighted by molar-refractivity contribution is 5.91. The van der Waals surface area contributed by atoms with E-state index in [9.17, 15) is 4.79 Å². The van der Waals surface area contributed by atoms with Crippen molar-refractivity contribution >= 4 is 11.6 Å². The molecule has 0 bridgehead atoms. The van der Waals surface area contributed by atoms with Crippen molar-refractivity contribution in [3.05, 3.63) is 29.8 Å². The van der Waals surface area contributed by atoms with Crippen LogP contribution >= 0.6 is 0 Å². The van der Waals surface area contributed by atoms with Crippen molar-refractivity contribution in [3.63, 3.8) is 0 Å². The van der Waals surface area contributed by atoms with Gasteiger partial charge in [0.05, 0.1) is 0 Å². The second-order valence-electron chi connectivity index (χ2n) is 6.59. The van der Waals surface area contributed by atoms with Gasteiger partial charge in [0.25, 0.3) is 0 Å². The van der Waals surface area contributed by atoms with Gasteiger partial charge < -0.3 is 16.0 Å². The third kappa shape index (κ3) is 5.14. The lowest BCUT2D eigenvalue weighted by Gasteiger charge is -2.32. The highest BCUT2D eigenvalue weighted by Crippen LogP contribution is 2.29. The monoisotopic (exact) mass is 289 g/mol. The van der Waals surface area contributed by atoms with Crippen LogP contribution in [0.2, 0.25) is 0 Å². The Bertz CT molecular complexity index is 479. The van der Waals surface area contributed by atoms with E-state index in [0.717, 1.165) is 37.9 Å². The predicted octanol–water partition coefficient (Wildman–Crippen LogP) is 2.74. The lowest BCUT2D eigenvalue weighted by molar-refractivity contribution is -0.117. The Hall–Kier alpha value is -1.39. The third-order valence-corrected chi connectivity index (χ3v) is 4.07. The Morgan fingerprint density at radius 1 is 1.29 bits per heavy atom. The molecule has 4 nitrogen and oxygen atoms in total. The minimum Gasteiger partial charge on any atom is -0.326 e. The van der Waals surface area contributed by atoms with E-state index in [0.29, 0.717) is 6.42 Å². The Kier molecular flexibility index (Phi) is 5.37. The summed E-state index contributed by atoms with van der Waals surface area (Å²) in [5, 5.41) is 2.99. The molecule has 1 aliphatic rings. The van der Waals surface area contributed by atoms with Gasteiger partial charge in [-0.15, -0.1) is 0 Å². The molecule has 0 heterocycles. The van der Waals surface area contributed by atoms with E-state index in [2.05, 4.69) is 16.3 Å². The molecule has 21 heavy (non-hydrogen) atoms. The van der Waals surface area contributed by atoms with Gasteiger partial charge in [-0.3, -0.25) is 4.79 Å². The van der Waals surface area contributed by atoms with Gasteiger partial charge in [0.2, 0.25) is 5.91 Å². The van der Waals surface area contributed by atoms with Crippen LogP contribution in [0.15, 0.2) is 24.3 Å². The molecule has 1 amide bonds. The molecule has 2 rings (SSSR count). The number of nitrogens with two attached hydrogens (primary N) is 1. The molecule has 1 aromatic carbocycles. The molecular formula is C17H27N3O. The first-order chi connectivity index (χ1) is 9.97. The molecule has 1 aromatic rings. The first-order valence-corrected chi connectivity index (χ1v) is 7.79. The first kappa shape index (κ1) is 16.0. The van der Waals surface area contributed by atoms with Gasteiger partial charge >= 0.3 is 0 Å². The van der Waals surface area contributed by atoms with Crippen LogP contribution in [0.3, 0.4) is 0 Å². The summed E-state index contributed by atoms with van der Waals surface area (Å²) < 4.78 is 0. The summed E-state index contributed by atoms with van der Waals surface area (Å²) >= 11 is 0. The summed E-state index contributed by atoms with van der Waals surface area (Å²) in [6, 6.07) is 8.01. The average molecular weight is 289 g/mol. The second-order valence-corrected chi connectivity index (χ2v) is 6.59. The molecule has 0 spiro atoms. The van der Waals surface area contributed by atoms with Crippen LogP contribution in [0.5, 0.6) is 0 Å². The molecule has 3 N–H and O–H groups in total. The predicted molar refractivity (Wildman–Crippen MR) is 87.1 cm³/mol. The Labute approximate surface area is 127 Å². The molecule has 116 valence electrons. The molecule has 0 saturated heterocycles. The van der Waals surface area contributed by atoms with E-state index in [1.54, 1.807) is 0 Å². The van der Waals surface area contributed by atoms with Crippen molar-refractivity contribution in [1.29, 1.82) is 0 Å². The number of amides is 1. The maximum Gasteiger partial charge on any atom is 0.226 e. The minimum absolute atomic E-state index is 0.0291. The van der Waals surface area contributed by atoms with Crippen molar-refractivity contribution in [2.75, 3.05) is 19.4 Å². The summed E-state index contributed by atoms with van der Waals surface area (Å²) in [5.41, 5.74) is 8.09. The van der Waals surface area contributed by atoms with Crippen molar-refractivity contribution in [2.24, 2.45) is 5.73 Å². The smallest absolute Gasteiger partial charge is 0.226 e. The summed E-state index contributed by atoms with van der Waals surface area (Å²) in [5.74, 6) is 0.0291. The van der Waals surface area contributed by atoms with E-state index in [4.69, 9.17) is 5.73 Å². The Balaban J connectivity index is 1.93. The second kappa shape index (κ2) is 7.05. The number of hydrogen-bond donors (Lipinski definition) is 2. The highest BCUT2D eigenvalue weighted by Gasteiger charge is 2.29. The van der Waals surface area contributed by atoms with Crippen LogP contribution in [-0.4, -0.2) is 30.4 Å². The maximum atomic E-state index is 12.2. The molecule has 0 atom stereocenters.